The molecule has 1 unspecified atom stereocenters. The average molecular weight is 345 g/mol. The van der Waals surface area contributed by atoms with E-state index in [0.29, 0.717) is 37.2 Å². The number of nitrogens with zero attached hydrogens (tertiary/aromatic N) is 1. The van der Waals surface area contributed by atoms with E-state index in [4.69, 9.17) is 0 Å². The van der Waals surface area contributed by atoms with Gasteiger partial charge in [-0.3, -0.25) is 14.4 Å². The van der Waals surface area contributed by atoms with Crippen LogP contribution in [0.3, 0.4) is 0 Å². The molecule has 1 aliphatic rings. The van der Waals surface area contributed by atoms with Crippen LogP contribution < -0.4 is 10.6 Å². The maximum Gasteiger partial charge on any atom is 0.253 e. The Hall–Kier alpha value is -2.37. The molecular formula is C19H27N3O3. The lowest BCUT2D eigenvalue weighted by Crippen LogP contribution is -2.44. The largest absolute Gasteiger partial charge is 0.353 e. The van der Waals surface area contributed by atoms with Gasteiger partial charge < -0.3 is 15.5 Å². The summed E-state index contributed by atoms with van der Waals surface area (Å²) in [4.78, 5) is 37.6. The Morgan fingerprint density at radius 2 is 1.76 bits per heavy atom. The topological polar surface area (TPSA) is 78.5 Å². The van der Waals surface area contributed by atoms with Gasteiger partial charge in [0.25, 0.3) is 5.91 Å². The third-order valence-corrected chi connectivity index (χ3v) is 4.61. The molecule has 0 saturated carbocycles. The highest BCUT2D eigenvalue weighted by atomic mass is 16.2. The van der Waals surface area contributed by atoms with Crippen LogP contribution in [0.5, 0.6) is 0 Å². The lowest BCUT2D eigenvalue weighted by atomic mass is 9.95. The minimum absolute atomic E-state index is 0.0137. The van der Waals surface area contributed by atoms with E-state index in [1.165, 1.54) is 6.92 Å². The molecule has 0 aromatic heterocycles. The lowest BCUT2D eigenvalue weighted by molar-refractivity contribution is -0.127. The first-order chi connectivity index (χ1) is 11.9. The van der Waals surface area contributed by atoms with Gasteiger partial charge in [-0.05, 0) is 50.5 Å². The molecule has 1 aliphatic heterocycles. The van der Waals surface area contributed by atoms with Gasteiger partial charge >= 0.3 is 0 Å². The fourth-order valence-electron chi connectivity index (χ4n) is 2.89. The molecule has 1 atom stereocenters. The van der Waals surface area contributed by atoms with Gasteiger partial charge in [-0.15, -0.1) is 0 Å². The number of hydrogen-bond acceptors (Lipinski definition) is 3. The fourth-order valence-corrected chi connectivity index (χ4v) is 2.89. The standard InChI is InChI=1S/C19H27N3O3/c1-4-13(2)20-18(24)15-9-11-22(12-10-15)19(25)16-5-7-17(8-6-16)21-14(3)23/h5-8,13,15H,4,9-12H2,1-3H3,(H,20,24)(H,21,23). The van der Waals surface area contributed by atoms with Crippen molar-refractivity contribution in [3.8, 4) is 0 Å². The van der Waals surface area contributed by atoms with Crippen molar-refractivity contribution < 1.29 is 14.4 Å². The average Bonchev–Trinajstić information content (AvgIpc) is 2.61. The quantitative estimate of drug-likeness (QED) is 0.860. The number of likely N-dealkylation sites (tertiary alicyclic amines) is 1. The van der Waals surface area contributed by atoms with Crippen LogP contribution in [0, 0.1) is 5.92 Å². The van der Waals surface area contributed by atoms with Crippen LogP contribution >= 0.6 is 0 Å². The Morgan fingerprint density at radius 3 is 2.28 bits per heavy atom. The van der Waals surface area contributed by atoms with E-state index >= 15 is 0 Å². The maximum absolute atomic E-state index is 12.6. The molecule has 1 aromatic rings. The molecule has 0 spiro atoms. The summed E-state index contributed by atoms with van der Waals surface area (Å²) >= 11 is 0. The summed E-state index contributed by atoms with van der Waals surface area (Å²) in [6, 6.07) is 7.07. The SMILES string of the molecule is CCC(C)NC(=O)C1CCN(C(=O)c2ccc(NC(C)=O)cc2)CC1. The second-order valence-electron chi connectivity index (χ2n) is 6.64. The van der Waals surface area contributed by atoms with Gasteiger partial charge in [0.2, 0.25) is 11.8 Å². The van der Waals surface area contributed by atoms with Crippen LogP contribution in [0.1, 0.15) is 50.4 Å². The van der Waals surface area contributed by atoms with Crippen LogP contribution in [0.4, 0.5) is 5.69 Å². The minimum atomic E-state index is -0.142. The van der Waals surface area contributed by atoms with Gasteiger partial charge in [-0.2, -0.15) is 0 Å². The third-order valence-electron chi connectivity index (χ3n) is 4.61. The number of benzene rings is 1. The van der Waals surface area contributed by atoms with E-state index in [9.17, 15) is 14.4 Å². The van der Waals surface area contributed by atoms with Gasteiger partial charge in [0.15, 0.2) is 0 Å². The van der Waals surface area contributed by atoms with Crippen molar-refractivity contribution in [2.45, 2.75) is 46.1 Å². The van der Waals surface area contributed by atoms with E-state index in [1.807, 2.05) is 13.8 Å². The first-order valence-electron chi connectivity index (χ1n) is 8.88. The predicted octanol–water partition coefficient (Wildman–Crippen LogP) is 2.41. The normalized spacial score (nSPS) is 16.2. The zero-order valence-electron chi connectivity index (χ0n) is 15.2. The first-order valence-corrected chi connectivity index (χ1v) is 8.88. The van der Waals surface area contributed by atoms with Crippen molar-refractivity contribution in [1.29, 1.82) is 0 Å². The Balaban J connectivity index is 1.88. The highest BCUT2D eigenvalue weighted by Crippen LogP contribution is 2.20. The Morgan fingerprint density at radius 1 is 1.16 bits per heavy atom. The molecule has 2 rings (SSSR count). The highest BCUT2D eigenvalue weighted by Gasteiger charge is 2.28. The Labute approximate surface area is 149 Å². The minimum Gasteiger partial charge on any atom is -0.353 e. The van der Waals surface area contributed by atoms with Crippen LogP contribution in [-0.4, -0.2) is 41.8 Å². The molecule has 0 bridgehead atoms. The van der Waals surface area contributed by atoms with Gasteiger partial charge in [-0.1, -0.05) is 6.92 Å². The first kappa shape index (κ1) is 19.0. The van der Waals surface area contributed by atoms with Gasteiger partial charge in [0.1, 0.15) is 0 Å². The molecule has 3 amide bonds. The number of hydrogen-bond donors (Lipinski definition) is 2. The number of carbonyl (C=O) groups excluding carboxylic acids is 3. The number of anilines is 1. The van der Waals surface area contributed by atoms with Crippen molar-refractivity contribution in [3.63, 3.8) is 0 Å². The summed E-state index contributed by atoms with van der Waals surface area (Å²) < 4.78 is 0. The molecule has 0 aliphatic carbocycles. The van der Waals surface area contributed by atoms with E-state index in [0.717, 1.165) is 6.42 Å². The van der Waals surface area contributed by atoms with E-state index in [-0.39, 0.29) is 29.7 Å². The van der Waals surface area contributed by atoms with Gasteiger partial charge in [-0.25, -0.2) is 0 Å². The lowest BCUT2D eigenvalue weighted by Gasteiger charge is -2.32. The van der Waals surface area contributed by atoms with E-state index in [1.54, 1.807) is 29.2 Å². The van der Waals surface area contributed by atoms with Crippen LogP contribution in [0.2, 0.25) is 0 Å². The number of carbonyl (C=O) groups is 3. The zero-order valence-corrected chi connectivity index (χ0v) is 15.2. The molecule has 1 aromatic carbocycles. The Kier molecular flexibility index (Phi) is 6.56. The maximum atomic E-state index is 12.6. The van der Waals surface area contributed by atoms with Crippen LogP contribution in [0.25, 0.3) is 0 Å². The van der Waals surface area contributed by atoms with E-state index < -0.39 is 0 Å². The van der Waals surface area contributed by atoms with Crippen molar-refractivity contribution in [2.24, 2.45) is 5.92 Å². The molecule has 0 radical (unpaired) electrons. The predicted molar refractivity (Wildman–Crippen MR) is 97.3 cm³/mol. The smallest absolute Gasteiger partial charge is 0.253 e. The highest BCUT2D eigenvalue weighted by molar-refractivity contribution is 5.95. The number of nitrogens with one attached hydrogen (secondary N) is 2. The monoisotopic (exact) mass is 345 g/mol. The summed E-state index contributed by atoms with van der Waals surface area (Å²) in [6.45, 7) is 6.67. The molecule has 6 heteroatoms. The van der Waals surface area contributed by atoms with Crippen molar-refractivity contribution >= 4 is 23.4 Å². The van der Waals surface area contributed by atoms with Gasteiger partial charge in [0, 0.05) is 43.2 Å². The summed E-state index contributed by atoms with van der Waals surface area (Å²) in [7, 11) is 0. The number of amides is 3. The summed E-state index contributed by atoms with van der Waals surface area (Å²) in [5, 5.41) is 5.70. The van der Waals surface area contributed by atoms with Crippen LogP contribution in [0.15, 0.2) is 24.3 Å². The Bertz CT molecular complexity index is 619. The fraction of sp³-hybridized carbons (Fsp3) is 0.526. The third kappa shape index (κ3) is 5.31. The number of rotatable bonds is 5. The summed E-state index contributed by atoms with van der Waals surface area (Å²) in [6.07, 6.45) is 2.30. The van der Waals surface area contributed by atoms with Crippen molar-refractivity contribution in [1.82, 2.24) is 10.2 Å². The zero-order chi connectivity index (χ0) is 18.4. The molecule has 1 fully saturated rings. The van der Waals surface area contributed by atoms with Crippen molar-refractivity contribution in [2.75, 3.05) is 18.4 Å². The van der Waals surface area contributed by atoms with Gasteiger partial charge in [0.05, 0.1) is 0 Å². The molecule has 6 nitrogen and oxygen atoms in total. The second-order valence-corrected chi connectivity index (χ2v) is 6.64. The molecule has 1 saturated heterocycles. The summed E-state index contributed by atoms with van der Waals surface area (Å²) in [5.74, 6) is -0.0896. The molecular weight excluding hydrogens is 318 g/mol. The molecule has 1 heterocycles. The summed E-state index contributed by atoms with van der Waals surface area (Å²) in [5.41, 5.74) is 1.26. The number of piperidine rings is 1. The second kappa shape index (κ2) is 8.65. The molecule has 136 valence electrons. The van der Waals surface area contributed by atoms with Crippen molar-refractivity contribution in [3.05, 3.63) is 29.8 Å². The molecule has 25 heavy (non-hydrogen) atoms. The van der Waals surface area contributed by atoms with Crippen LogP contribution in [-0.2, 0) is 9.59 Å². The van der Waals surface area contributed by atoms with E-state index in [2.05, 4.69) is 10.6 Å². The molecule has 2 N–H and O–H groups in total.